The second-order valence-electron chi connectivity index (χ2n) is 5.97. The van der Waals surface area contributed by atoms with Crippen molar-refractivity contribution in [3.8, 4) is 0 Å². The van der Waals surface area contributed by atoms with Gasteiger partial charge >= 0.3 is 0 Å². The fourth-order valence-corrected chi connectivity index (χ4v) is 2.85. The average Bonchev–Trinajstić information content (AvgIpc) is 2.81. The molecule has 2 heterocycles. The first-order chi connectivity index (χ1) is 9.16. The van der Waals surface area contributed by atoms with E-state index >= 15 is 0 Å². The Morgan fingerprint density at radius 1 is 1.53 bits per heavy atom. The number of hydrogen-bond donors (Lipinski definition) is 1. The Kier molecular flexibility index (Phi) is 5.40. The topological polar surface area (TPSA) is 33.1 Å². The Bertz CT molecular complexity index is 366. The summed E-state index contributed by atoms with van der Waals surface area (Å²) < 4.78 is 2.24. The highest BCUT2D eigenvalue weighted by atomic mass is 15.2. The number of nitrogens with one attached hydrogen (secondary N) is 1. The molecule has 1 aromatic rings. The maximum absolute atomic E-state index is 4.29. The molecule has 108 valence electrons. The van der Waals surface area contributed by atoms with Gasteiger partial charge in [-0.15, -0.1) is 0 Å². The number of aryl methyl sites for hydroxylation is 1. The smallest absolute Gasteiger partial charge is 0.105 e. The van der Waals surface area contributed by atoms with E-state index < -0.39 is 0 Å². The van der Waals surface area contributed by atoms with Crippen molar-refractivity contribution in [3.05, 3.63) is 18.2 Å². The van der Waals surface area contributed by atoms with Gasteiger partial charge < -0.3 is 9.88 Å². The van der Waals surface area contributed by atoms with Crippen LogP contribution in [0.2, 0.25) is 0 Å². The molecule has 0 saturated carbocycles. The van der Waals surface area contributed by atoms with Gasteiger partial charge in [-0.1, -0.05) is 0 Å². The molecule has 4 nitrogen and oxygen atoms in total. The van der Waals surface area contributed by atoms with E-state index in [4.69, 9.17) is 0 Å². The van der Waals surface area contributed by atoms with Gasteiger partial charge in [-0.3, -0.25) is 4.90 Å². The van der Waals surface area contributed by atoms with Gasteiger partial charge in [0.2, 0.25) is 0 Å². The molecule has 1 aromatic heterocycles. The highest BCUT2D eigenvalue weighted by Gasteiger charge is 2.18. The summed E-state index contributed by atoms with van der Waals surface area (Å²) in [6.45, 7) is 12.5. The van der Waals surface area contributed by atoms with Crippen molar-refractivity contribution >= 4 is 0 Å². The number of hydrogen-bond acceptors (Lipinski definition) is 3. The van der Waals surface area contributed by atoms with E-state index in [1.54, 1.807) is 0 Å². The Hall–Kier alpha value is -0.870. The second-order valence-corrected chi connectivity index (χ2v) is 5.97. The van der Waals surface area contributed by atoms with Crippen LogP contribution in [0.1, 0.15) is 32.5 Å². The number of nitrogens with zero attached hydrogens (tertiary/aromatic N) is 3. The molecule has 2 rings (SSSR count). The predicted molar refractivity (Wildman–Crippen MR) is 79.3 cm³/mol. The lowest BCUT2D eigenvalue weighted by molar-refractivity contribution is 0.165. The Morgan fingerprint density at radius 2 is 2.37 bits per heavy atom. The molecular formula is C15H28N4. The van der Waals surface area contributed by atoms with Gasteiger partial charge in [0.1, 0.15) is 5.82 Å². The van der Waals surface area contributed by atoms with E-state index in [1.165, 1.54) is 32.5 Å². The zero-order valence-electron chi connectivity index (χ0n) is 12.6. The van der Waals surface area contributed by atoms with Gasteiger partial charge in [-0.05, 0) is 52.6 Å². The highest BCUT2D eigenvalue weighted by molar-refractivity contribution is 4.88. The zero-order chi connectivity index (χ0) is 13.7. The molecule has 0 aromatic carbocycles. The van der Waals surface area contributed by atoms with Crippen molar-refractivity contribution in [3.63, 3.8) is 0 Å². The van der Waals surface area contributed by atoms with E-state index in [-0.39, 0.29) is 0 Å². The van der Waals surface area contributed by atoms with Crippen molar-refractivity contribution in [2.24, 2.45) is 5.92 Å². The highest BCUT2D eigenvalue weighted by Crippen LogP contribution is 2.13. The fraction of sp³-hybridized carbons (Fsp3) is 0.800. The summed E-state index contributed by atoms with van der Waals surface area (Å²) in [5.74, 6) is 1.93. The van der Waals surface area contributed by atoms with Crippen LogP contribution < -0.4 is 5.32 Å². The molecular weight excluding hydrogens is 236 g/mol. The number of rotatable bonds is 6. The summed E-state index contributed by atoms with van der Waals surface area (Å²) in [6, 6.07) is 0.616. The maximum atomic E-state index is 4.29. The fourth-order valence-electron chi connectivity index (χ4n) is 2.85. The van der Waals surface area contributed by atoms with Crippen LogP contribution in [0, 0.1) is 12.8 Å². The third kappa shape index (κ3) is 4.32. The van der Waals surface area contributed by atoms with Gasteiger partial charge in [0.05, 0.1) is 0 Å². The molecule has 1 saturated heterocycles. The molecule has 1 fully saturated rings. The first-order valence-electron chi connectivity index (χ1n) is 7.59. The monoisotopic (exact) mass is 264 g/mol. The van der Waals surface area contributed by atoms with Crippen molar-refractivity contribution < 1.29 is 0 Å². The van der Waals surface area contributed by atoms with Gasteiger partial charge in [0.25, 0.3) is 0 Å². The first kappa shape index (κ1) is 14.5. The van der Waals surface area contributed by atoms with Crippen molar-refractivity contribution in [2.75, 3.05) is 26.2 Å². The summed E-state index contributed by atoms with van der Waals surface area (Å²) in [4.78, 5) is 6.90. The normalized spacial score (nSPS) is 20.4. The lowest BCUT2D eigenvalue weighted by Crippen LogP contribution is -2.42. The minimum absolute atomic E-state index is 0.616. The number of piperidine rings is 1. The SMILES string of the molecule is Cc1nccn1CCN(CC1CCCNC1)C(C)C. The number of aromatic nitrogens is 2. The van der Waals surface area contributed by atoms with E-state index in [1.807, 2.05) is 6.20 Å². The predicted octanol–water partition coefficient (Wildman–Crippen LogP) is 1.90. The van der Waals surface area contributed by atoms with Crippen LogP contribution in [-0.2, 0) is 6.54 Å². The largest absolute Gasteiger partial charge is 0.334 e. The summed E-state index contributed by atoms with van der Waals surface area (Å²) in [5, 5.41) is 3.52. The quantitative estimate of drug-likeness (QED) is 0.852. The summed E-state index contributed by atoms with van der Waals surface area (Å²) in [7, 11) is 0. The third-order valence-corrected chi connectivity index (χ3v) is 4.17. The maximum Gasteiger partial charge on any atom is 0.105 e. The molecule has 1 unspecified atom stereocenters. The molecule has 1 atom stereocenters. The van der Waals surface area contributed by atoms with E-state index in [2.05, 4.69) is 46.7 Å². The van der Waals surface area contributed by atoms with Crippen LogP contribution in [0.25, 0.3) is 0 Å². The molecule has 1 N–H and O–H groups in total. The lowest BCUT2D eigenvalue weighted by atomic mass is 9.98. The minimum Gasteiger partial charge on any atom is -0.334 e. The van der Waals surface area contributed by atoms with Gasteiger partial charge in [0.15, 0.2) is 0 Å². The van der Waals surface area contributed by atoms with Gasteiger partial charge in [-0.25, -0.2) is 4.98 Å². The molecule has 0 spiro atoms. The molecule has 1 aliphatic heterocycles. The van der Waals surface area contributed by atoms with Crippen molar-refractivity contribution in [2.45, 2.75) is 46.2 Å². The van der Waals surface area contributed by atoms with E-state index in [0.29, 0.717) is 6.04 Å². The van der Waals surface area contributed by atoms with Crippen LogP contribution >= 0.6 is 0 Å². The van der Waals surface area contributed by atoms with Crippen LogP contribution in [0.3, 0.4) is 0 Å². The molecule has 0 aliphatic carbocycles. The van der Waals surface area contributed by atoms with Crippen molar-refractivity contribution in [1.82, 2.24) is 19.8 Å². The summed E-state index contributed by atoms with van der Waals surface area (Å²) in [6.07, 6.45) is 6.67. The standard InChI is InChI=1S/C15H28N4/c1-13(2)19(12-15-5-4-6-16-11-15)10-9-18-8-7-17-14(18)3/h7-8,13,15-16H,4-6,9-12H2,1-3H3. The first-order valence-corrected chi connectivity index (χ1v) is 7.59. The minimum atomic E-state index is 0.616. The number of imidazole rings is 1. The molecule has 19 heavy (non-hydrogen) atoms. The molecule has 0 amide bonds. The van der Waals surface area contributed by atoms with Crippen molar-refractivity contribution in [1.29, 1.82) is 0 Å². The molecule has 0 bridgehead atoms. The summed E-state index contributed by atoms with van der Waals surface area (Å²) in [5.41, 5.74) is 0. The Balaban J connectivity index is 1.83. The van der Waals surface area contributed by atoms with Gasteiger partial charge in [-0.2, -0.15) is 0 Å². The second kappa shape index (κ2) is 7.06. The third-order valence-electron chi connectivity index (χ3n) is 4.17. The van der Waals surface area contributed by atoms with E-state index in [0.717, 1.165) is 24.8 Å². The zero-order valence-corrected chi connectivity index (χ0v) is 12.6. The Labute approximate surface area is 117 Å². The van der Waals surface area contributed by atoms with Crippen LogP contribution in [0.15, 0.2) is 12.4 Å². The average molecular weight is 264 g/mol. The van der Waals surface area contributed by atoms with Crippen LogP contribution in [-0.4, -0.2) is 46.7 Å². The molecule has 1 aliphatic rings. The van der Waals surface area contributed by atoms with Gasteiger partial charge in [0, 0.05) is 38.1 Å². The lowest BCUT2D eigenvalue weighted by Gasteiger charge is -2.33. The van der Waals surface area contributed by atoms with Crippen LogP contribution in [0.5, 0.6) is 0 Å². The molecule has 4 heteroatoms. The Morgan fingerprint density at radius 3 is 2.95 bits per heavy atom. The summed E-state index contributed by atoms with van der Waals surface area (Å²) >= 11 is 0. The van der Waals surface area contributed by atoms with Crippen LogP contribution in [0.4, 0.5) is 0 Å². The van der Waals surface area contributed by atoms with E-state index in [9.17, 15) is 0 Å². The molecule has 0 radical (unpaired) electrons.